The second-order valence-electron chi connectivity index (χ2n) is 5.75. The van der Waals surface area contributed by atoms with Crippen molar-refractivity contribution in [2.45, 2.75) is 59.2 Å². The van der Waals surface area contributed by atoms with Gasteiger partial charge in [-0.25, -0.2) is 0 Å². The van der Waals surface area contributed by atoms with E-state index in [4.69, 9.17) is 9.47 Å². The summed E-state index contributed by atoms with van der Waals surface area (Å²) < 4.78 is 10.9. The van der Waals surface area contributed by atoms with E-state index in [1.54, 1.807) is 11.3 Å². The number of hydrogen-bond acceptors (Lipinski definition) is 5. The first kappa shape index (κ1) is 16.0. The molecule has 0 aromatic carbocycles. The number of esters is 2. The lowest BCUT2D eigenvalue weighted by molar-refractivity contribution is -0.249. The van der Waals surface area contributed by atoms with Crippen LogP contribution < -0.4 is 0 Å². The summed E-state index contributed by atoms with van der Waals surface area (Å²) in [6.07, 6.45) is 1.92. The Bertz CT molecular complexity index is 528. The number of ether oxygens (including phenoxy) is 2. The fourth-order valence-electron chi connectivity index (χ4n) is 2.55. The Labute approximate surface area is 129 Å². The van der Waals surface area contributed by atoms with Crippen LogP contribution in [0.25, 0.3) is 0 Å². The van der Waals surface area contributed by atoms with E-state index in [1.165, 1.54) is 4.88 Å². The molecular formula is C16H22O4S. The molecule has 0 spiro atoms. The number of carbonyl (C=O) groups is 2. The zero-order chi connectivity index (χ0) is 15.6. The molecule has 0 radical (unpaired) electrons. The first-order valence-electron chi connectivity index (χ1n) is 7.46. The van der Waals surface area contributed by atoms with Gasteiger partial charge in [0.15, 0.2) is 0 Å². The Balaban J connectivity index is 2.43. The third-order valence-electron chi connectivity index (χ3n) is 3.51. The van der Waals surface area contributed by atoms with Crippen LogP contribution in [0, 0.1) is 5.92 Å². The fraction of sp³-hybridized carbons (Fsp3) is 0.625. The van der Waals surface area contributed by atoms with Crippen LogP contribution in [0.4, 0.5) is 0 Å². The highest BCUT2D eigenvalue weighted by molar-refractivity contribution is 7.12. The highest BCUT2D eigenvalue weighted by atomic mass is 32.1. The van der Waals surface area contributed by atoms with Crippen molar-refractivity contribution in [3.8, 4) is 0 Å². The standard InChI is InChI=1S/C16H22O4S/c1-5-11-8-12(7-10(3)4)21-15(11)16(6-2)19-13(17)9-14(18)20-16/h8,10H,5-7,9H2,1-4H3. The van der Waals surface area contributed by atoms with Crippen LogP contribution in [0.15, 0.2) is 6.07 Å². The van der Waals surface area contributed by atoms with Gasteiger partial charge in [-0.2, -0.15) is 0 Å². The summed E-state index contributed by atoms with van der Waals surface area (Å²) in [5.74, 6) is -1.68. The molecule has 1 aliphatic heterocycles. The Morgan fingerprint density at radius 1 is 1.24 bits per heavy atom. The number of rotatable bonds is 5. The smallest absolute Gasteiger partial charge is 0.320 e. The molecular weight excluding hydrogens is 288 g/mol. The monoisotopic (exact) mass is 310 g/mol. The quantitative estimate of drug-likeness (QED) is 0.616. The molecule has 0 aliphatic carbocycles. The molecule has 0 saturated carbocycles. The summed E-state index contributed by atoms with van der Waals surface area (Å²) in [5.41, 5.74) is 1.10. The summed E-state index contributed by atoms with van der Waals surface area (Å²) in [7, 11) is 0. The van der Waals surface area contributed by atoms with Gasteiger partial charge in [-0.1, -0.05) is 27.7 Å². The van der Waals surface area contributed by atoms with Crippen LogP contribution >= 0.6 is 11.3 Å². The Morgan fingerprint density at radius 2 is 1.86 bits per heavy atom. The molecule has 2 rings (SSSR count). The largest absolute Gasteiger partial charge is 0.417 e. The second-order valence-corrected chi connectivity index (χ2v) is 6.89. The van der Waals surface area contributed by atoms with Crippen LogP contribution in [0.5, 0.6) is 0 Å². The van der Waals surface area contributed by atoms with Crippen molar-refractivity contribution < 1.29 is 19.1 Å². The second kappa shape index (κ2) is 6.18. The average Bonchev–Trinajstić information content (AvgIpc) is 2.80. The summed E-state index contributed by atoms with van der Waals surface area (Å²) in [5, 5.41) is 0. The molecule has 1 aromatic heterocycles. The lowest BCUT2D eigenvalue weighted by Crippen LogP contribution is -2.42. The number of carbonyl (C=O) groups excluding carboxylic acids is 2. The normalized spacial score (nSPS) is 17.8. The van der Waals surface area contributed by atoms with Crippen molar-refractivity contribution in [2.24, 2.45) is 5.92 Å². The topological polar surface area (TPSA) is 52.6 Å². The van der Waals surface area contributed by atoms with Gasteiger partial charge in [-0.15, -0.1) is 11.3 Å². The van der Waals surface area contributed by atoms with Crippen LogP contribution in [0.2, 0.25) is 0 Å². The molecule has 0 atom stereocenters. The van der Waals surface area contributed by atoms with Crippen molar-refractivity contribution in [1.82, 2.24) is 0 Å². The van der Waals surface area contributed by atoms with Crippen LogP contribution in [0.3, 0.4) is 0 Å². The van der Waals surface area contributed by atoms with E-state index in [2.05, 4.69) is 26.8 Å². The maximum Gasteiger partial charge on any atom is 0.320 e. The van der Waals surface area contributed by atoms with Crippen LogP contribution in [-0.4, -0.2) is 11.9 Å². The molecule has 0 N–H and O–H groups in total. The summed E-state index contributed by atoms with van der Waals surface area (Å²) in [4.78, 5) is 25.5. The van der Waals surface area contributed by atoms with Crippen molar-refractivity contribution in [3.63, 3.8) is 0 Å². The van der Waals surface area contributed by atoms with Gasteiger partial charge in [0.25, 0.3) is 5.79 Å². The molecule has 116 valence electrons. The van der Waals surface area contributed by atoms with Gasteiger partial charge < -0.3 is 9.47 Å². The van der Waals surface area contributed by atoms with Gasteiger partial charge in [-0.3, -0.25) is 9.59 Å². The predicted molar refractivity (Wildman–Crippen MR) is 81.0 cm³/mol. The Morgan fingerprint density at radius 3 is 2.33 bits per heavy atom. The minimum absolute atomic E-state index is 0.298. The highest BCUT2D eigenvalue weighted by Crippen LogP contribution is 2.42. The first-order chi connectivity index (χ1) is 9.90. The molecule has 1 fully saturated rings. The number of aryl methyl sites for hydroxylation is 1. The molecule has 2 heterocycles. The van der Waals surface area contributed by atoms with Gasteiger partial charge in [-0.05, 0) is 30.4 Å². The molecule has 0 unspecified atom stereocenters. The third kappa shape index (κ3) is 3.28. The molecule has 0 amide bonds. The molecule has 0 bridgehead atoms. The van der Waals surface area contributed by atoms with Gasteiger partial charge in [0.1, 0.15) is 6.42 Å². The van der Waals surface area contributed by atoms with E-state index < -0.39 is 17.7 Å². The predicted octanol–water partition coefficient (Wildman–Crippen LogP) is 3.56. The lowest BCUT2D eigenvalue weighted by atomic mass is 10.0. The van der Waals surface area contributed by atoms with Crippen molar-refractivity contribution >= 4 is 23.3 Å². The summed E-state index contributed by atoms with van der Waals surface area (Å²) >= 11 is 1.59. The maximum absolute atomic E-state index is 11.7. The van der Waals surface area contributed by atoms with Gasteiger partial charge >= 0.3 is 11.9 Å². The fourth-order valence-corrected chi connectivity index (χ4v) is 4.15. The van der Waals surface area contributed by atoms with Crippen molar-refractivity contribution in [1.29, 1.82) is 0 Å². The molecule has 1 saturated heterocycles. The van der Waals surface area contributed by atoms with Crippen molar-refractivity contribution in [2.75, 3.05) is 0 Å². The van der Waals surface area contributed by atoms with Crippen LogP contribution in [-0.2, 0) is 37.7 Å². The Hall–Kier alpha value is -1.36. The minimum Gasteiger partial charge on any atom is -0.417 e. The average molecular weight is 310 g/mol. The van der Waals surface area contributed by atoms with Gasteiger partial charge in [0.2, 0.25) is 0 Å². The summed E-state index contributed by atoms with van der Waals surface area (Å²) in [6.45, 7) is 8.26. The van der Waals surface area contributed by atoms with E-state index in [1.807, 2.05) is 6.92 Å². The minimum atomic E-state index is -1.22. The lowest BCUT2D eigenvalue weighted by Gasteiger charge is -2.34. The maximum atomic E-state index is 11.7. The Kier molecular flexibility index (Phi) is 4.71. The molecule has 4 nitrogen and oxygen atoms in total. The third-order valence-corrected chi connectivity index (χ3v) is 4.83. The number of thiophene rings is 1. The molecule has 21 heavy (non-hydrogen) atoms. The van der Waals surface area contributed by atoms with E-state index >= 15 is 0 Å². The first-order valence-corrected chi connectivity index (χ1v) is 8.27. The zero-order valence-electron chi connectivity index (χ0n) is 13.0. The zero-order valence-corrected chi connectivity index (χ0v) is 13.8. The molecule has 1 aliphatic rings. The molecule has 1 aromatic rings. The summed E-state index contributed by atoms with van der Waals surface area (Å²) in [6, 6.07) is 2.15. The number of hydrogen-bond donors (Lipinski definition) is 0. The van der Waals surface area contributed by atoms with E-state index in [0.29, 0.717) is 12.3 Å². The molecule has 5 heteroatoms. The van der Waals surface area contributed by atoms with Gasteiger partial charge in [0, 0.05) is 11.3 Å². The van der Waals surface area contributed by atoms with E-state index in [9.17, 15) is 9.59 Å². The SMILES string of the molecule is CCc1cc(CC(C)C)sc1C1(CC)OC(=O)CC(=O)O1. The van der Waals surface area contributed by atoms with Crippen molar-refractivity contribution in [3.05, 3.63) is 21.4 Å². The van der Waals surface area contributed by atoms with Crippen LogP contribution in [0.1, 0.15) is 55.9 Å². The van der Waals surface area contributed by atoms with E-state index in [-0.39, 0.29) is 6.42 Å². The van der Waals surface area contributed by atoms with Gasteiger partial charge in [0.05, 0.1) is 4.88 Å². The number of cyclic esters (lactones) is 2. The highest BCUT2D eigenvalue weighted by Gasteiger charge is 2.46. The van der Waals surface area contributed by atoms with E-state index in [0.717, 1.165) is 23.3 Å².